The van der Waals surface area contributed by atoms with Gasteiger partial charge in [0.15, 0.2) is 0 Å². The van der Waals surface area contributed by atoms with E-state index in [1.165, 1.54) is 0 Å². The first-order valence-electron chi connectivity index (χ1n) is 7.16. The summed E-state index contributed by atoms with van der Waals surface area (Å²) in [7, 11) is 0. The Balaban J connectivity index is 2.41. The molecule has 0 radical (unpaired) electrons. The molecule has 0 fully saturated rings. The Kier molecular flexibility index (Phi) is 6.70. The van der Waals surface area contributed by atoms with E-state index in [0.717, 1.165) is 6.42 Å². The summed E-state index contributed by atoms with van der Waals surface area (Å²) in [6.45, 7) is 6.19. The third-order valence-corrected chi connectivity index (χ3v) is 3.43. The van der Waals surface area contributed by atoms with Gasteiger partial charge in [-0.1, -0.05) is 20.3 Å². The maximum Gasteiger partial charge on any atom is 0.237 e. The van der Waals surface area contributed by atoms with Crippen LogP contribution in [0.25, 0.3) is 0 Å². The van der Waals surface area contributed by atoms with Gasteiger partial charge in [-0.2, -0.15) is 5.26 Å². The zero-order valence-corrected chi connectivity index (χ0v) is 12.8. The second-order valence-electron chi connectivity index (χ2n) is 5.27. The van der Waals surface area contributed by atoms with Gasteiger partial charge in [-0.25, -0.2) is 0 Å². The van der Waals surface area contributed by atoms with Crippen molar-refractivity contribution in [1.82, 2.24) is 5.32 Å². The fourth-order valence-electron chi connectivity index (χ4n) is 1.74. The molecule has 0 aliphatic carbocycles. The summed E-state index contributed by atoms with van der Waals surface area (Å²) in [5, 5.41) is 11.6. The minimum Gasteiger partial charge on any atom is -0.491 e. The van der Waals surface area contributed by atoms with E-state index in [2.05, 4.69) is 5.32 Å². The summed E-state index contributed by atoms with van der Waals surface area (Å²) >= 11 is 0. The molecule has 114 valence electrons. The fourth-order valence-corrected chi connectivity index (χ4v) is 1.74. The molecule has 0 saturated carbocycles. The van der Waals surface area contributed by atoms with E-state index in [1.54, 1.807) is 24.3 Å². The molecule has 3 N–H and O–H groups in total. The molecule has 0 aromatic heterocycles. The van der Waals surface area contributed by atoms with Crippen LogP contribution in [-0.4, -0.2) is 24.6 Å². The van der Waals surface area contributed by atoms with Gasteiger partial charge in [0.2, 0.25) is 5.91 Å². The van der Waals surface area contributed by atoms with Gasteiger partial charge >= 0.3 is 0 Å². The Hall–Kier alpha value is -2.06. The van der Waals surface area contributed by atoms with Gasteiger partial charge in [-0.15, -0.1) is 0 Å². The predicted molar refractivity (Wildman–Crippen MR) is 81.7 cm³/mol. The highest BCUT2D eigenvalue weighted by Crippen LogP contribution is 2.12. The van der Waals surface area contributed by atoms with E-state index in [1.807, 2.05) is 26.8 Å². The van der Waals surface area contributed by atoms with Crippen LogP contribution < -0.4 is 15.8 Å². The summed E-state index contributed by atoms with van der Waals surface area (Å²) in [6, 6.07) is 8.27. The first-order chi connectivity index (χ1) is 9.97. The number of ether oxygens (including phenoxy) is 1. The second kappa shape index (κ2) is 8.28. The molecular weight excluding hydrogens is 266 g/mol. The number of benzene rings is 1. The quantitative estimate of drug-likeness (QED) is 0.801. The van der Waals surface area contributed by atoms with E-state index in [4.69, 9.17) is 15.7 Å². The molecule has 21 heavy (non-hydrogen) atoms. The van der Waals surface area contributed by atoms with Gasteiger partial charge < -0.3 is 15.8 Å². The Morgan fingerprint density at radius 1 is 1.38 bits per heavy atom. The molecule has 0 aliphatic heterocycles. The molecule has 0 bridgehead atoms. The average molecular weight is 289 g/mol. The van der Waals surface area contributed by atoms with Crippen molar-refractivity contribution in [2.75, 3.05) is 6.61 Å². The SMILES string of the molecule is CC[C@H](C)[C@H](N)C(=O)NC(C)COc1ccc(C#N)cc1. The van der Waals surface area contributed by atoms with Crippen molar-refractivity contribution in [3.05, 3.63) is 29.8 Å². The van der Waals surface area contributed by atoms with Crippen molar-refractivity contribution in [3.63, 3.8) is 0 Å². The van der Waals surface area contributed by atoms with Crippen molar-refractivity contribution >= 4 is 5.91 Å². The number of carbonyl (C=O) groups excluding carboxylic acids is 1. The van der Waals surface area contributed by atoms with Gasteiger partial charge in [-0.3, -0.25) is 4.79 Å². The molecule has 0 saturated heterocycles. The van der Waals surface area contributed by atoms with Crippen molar-refractivity contribution in [1.29, 1.82) is 5.26 Å². The monoisotopic (exact) mass is 289 g/mol. The normalized spacial score (nSPS) is 14.6. The van der Waals surface area contributed by atoms with E-state index in [-0.39, 0.29) is 17.9 Å². The number of hydrogen-bond donors (Lipinski definition) is 2. The third kappa shape index (κ3) is 5.44. The minimum atomic E-state index is -0.493. The lowest BCUT2D eigenvalue weighted by atomic mass is 9.99. The molecule has 1 aromatic rings. The number of nitriles is 1. The van der Waals surface area contributed by atoms with Crippen LogP contribution in [0.1, 0.15) is 32.8 Å². The average Bonchev–Trinajstić information content (AvgIpc) is 2.51. The number of nitrogens with one attached hydrogen (secondary N) is 1. The molecule has 1 amide bonds. The lowest BCUT2D eigenvalue weighted by molar-refractivity contribution is -0.124. The minimum absolute atomic E-state index is 0.136. The molecule has 1 rings (SSSR count). The van der Waals surface area contributed by atoms with Crippen LogP contribution >= 0.6 is 0 Å². The van der Waals surface area contributed by atoms with Crippen LogP contribution in [0.4, 0.5) is 0 Å². The van der Waals surface area contributed by atoms with Gasteiger partial charge in [0.25, 0.3) is 0 Å². The first-order valence-corrected chi connectivity index (χ1v) is 7.16. The molecule has 1 aromatic carbocycles. The number of carbonyl (C=O) groups is 1. The Labute approximate surface area is 126 Å². The van der Waals surface area contributed by atoms with Crippen LogP contribution in [0.2, 0.25) is 0 Å². The molecule has 0 heterocycles. The number of rotatable bonds is 7. The predicted octanol–water partition coefficient (Wildman–Crippen LogP) is 1.82. The number of nitrogens with two attached hydrogens (primary N) is 1. The Bertz CT molecular complexity index is 493. The molecular formula is C16H23N3O2. The van der Waals surface area contributed by atoms with Gasteiger partial charge in [0.1, 0.15) is 12.4 Å². The first kappa shape index (κ1) is 17.0. The summed E-state index contributed by atoms with van der Waals surface area (Å²) in [4.78, 5) is 11.9. The maximum atomic E-state index is 11.9. The molecule has 1 unspecified atom stereocenters. The third-order valence-electron chi connectivity index (χ3n) is 3.43. The fraction of sp³-hybridized carbons (Fsp3) is 0.500. The van der Waals surface area contributed by atoms with Crippen LogP contribution in [0.5, 0.6) is 5.75 Å². The van der Waals surface area contributed by atoms with E-state index in [0.29, 0.717) is 17.9 Å². The molecule has 0 aliphatic rings. The largest absolute Gasteiger partial charge is 0.491 e. The topological polar surface area (TPSA) is 88.1 Å². The highest BCUT2D eigenvalue weighted by atomic mass is 16.5. The molecule has 5 nitrogen and oxygen atoms in total. The van der Waals surface area contributed by atoms with E-state index in [9.17, 15) is 4.79 Å². The number of hydrogen-bond acceptors (Lipinski definition) is 4. The van der Waals surface area contributed by atoms with Crippen LogP contribution in [-0.2, 0) is 4.79 Å². The zero-order valence-electron chi connectivity index (χ0n) is 12.8. The summed E-state index contributed by atoms with van der Waals surface area (Å²) < 4.78 is 5.57. The van der Waals surface area contributed by atoms with Gasteiger partial charge in [0, 0.05) is 0 Å². The van der Waals surface area contributed by atoms with Crippen molar-refractivity contribution in [3.8, 4) is 11.8 Å². The van der Waals surface area contributed by atoms with Crippen LogP contribution in [0.15, 0.2) is 24.3 Å². The molecule has 5 heteroatoms. The number of amides is 1. The highest BCUT2D eigenvalue weighted by molar-refractivity contribution is 5.82. The van der Waals surface area contributed by atoms with E-state index < -0.39 is 6.04 Å². The van der Waals surface area contributed by atoms with Crippen LogP contribution in [0, 0.1) is 17.2 Å². The summed E-state index contributed by atoms with van der Waals surface area (Å²) in [5.74, 6) is 0.665. The smallest absolute Gasteiger partial charge is 0.237 e. The summed E-state index contributed by atoms with van der Waals surface area (Å²) in [5.41, 5.74) is 6.46. The standard InChI is InChI=1S/C16H23N3O2/c1-4-11(2)15(18)16(20)19-12(3)10-21-14-7-5-13(9-17)6-8-14/h5-8,11-12,15H,4,10,18H2,1-3H3,(H,19,20)/t11-,12?,15-/m0/s1. The van der Waals surface area contributed by atoms with Crippen molar-refractivity contribution in [2.24, 2.45) is 11.7 Å². The van der Waals surface area contributed by atoms with Crippen LogP contribution in [0.3, 0.4) is 0 Å². The van der Waals surface area contributed by atoms with Gasteiger partial charge in [-0.05, 0) is 37.1 Å². The lowest BCUT2D eigenvalue weighted by Crippen LogP contribution is -2.48. The molecule has 0 spiro atoms. The van der Waals surface area contributed by atoms with E-state index >= 15 is 0 Å². The van der Waals surface area contributed by atoms with Crippen molar-refractivity contribution < 1.29 is 9.53 Å². The highest BCUT2D eigenvalue weighted by Gasteiger charge is 2.20. The van der Waals surface area contributed by atoms with Gasteiger partial charge in [0.05, 0.1) is 23.7 Å². The zero-order chi connectivity index (χ0) is 15.8. The maximum absolute atomic E-state index is 11.9. The summed E-state index contributed by atoms with van der Waals surface area (Å²) in [6.07, 6.45) is 0.866. The van der Waals surface area contributed by atoms with Crippen molar-refractivity contribution in [2.45, 2.75) is 39.3 Å². The Morgan fingerprint density at radius 2 is 2.00 bits per heavy atom. The second-order valence-corrected chi connectivity index (χ2v) is 5.27. The number of nitrogens with zero attached hydrogens (tertiary/aromatic N) is 1. The lowest BCUT2D eigenvalue weighted by Gasteiger charge is -2.21. The molecule has 3 atom stereocenters. The Morgan fingerprint density at radius 3 is 2.52 bits per heavy atom.